The molecule has 0 N–H and O–H groups in total. The van der Waals surface area contributed by atoms with E-state index < -0.39 is 11.6 Å². The average Bonchev–Trinajstić information content (AvgIpc) is 2.66. The molecular weight excluding hydrogens is 418 g/mol. The van der Waals surface area contributed by atoms with Crippen LogP contribution in [0.1, 0.15) is 63.4 Å². The molecule has 4 heteroatoms. The van der Waals surface area contributed by atoms with Crippen LogP contribution < -0.4 is 0 Å². The molecule has 144 valence electrons. The normalized spacial score (nSPS) is 30.0. The Morgan fingerprint density at radius 3 is 2.00 bits per heavy atom. The van der Waals surface area contributed by atoms with Gasteiger partial charge in [0.2, 0.25) is 0 Å². The van der Waals surface area contributed by atoms with Gasteiger partial charge < -0.3 is 0 Å². The van der Waals surface area contributed by atoms with Crippen LogP contribution in [0.3, 0.4) is 0 Å². The summed E-state index contributed by atoms with van der Waals surface area (Å²) in [5, 5.41) is 0. The van der Waals surface area contributed by atoms with Crippen molar-refractivity contribution in [3.05, 3.63) is 45.4 Å². The average molecular weight is 446 g/mol. The zero-order chi connectivity index (χ0) is 18.5. The Balaban J connectivity index is 1.42. The second kappa shape index (κ2) is 9.68. The van der Waals surface area contributed by atoms with Crippen molar-refractivity contribution in [3.8, 4) is 0 Å². The van der Waals surface area contributed by atoms with Crippen LogP contribution in [-0.2, 0) is 6.42 Å². The summed E-state index contributed by atoms with van der Waals surface area (Å²) >= 11 is 8.65. The molecule has 0 radical (unpaired) electrons. The van der Waals surface area contributed by atoms with E-state index in [0.29, 0.717) is 11.8 Å². The monoisotopic (exact) mass is 444 g/mol. The third-order valence-electron chi connectivity index (χ3n) is 6.60. The predicted molar refractivity (Wildman–Crippen MR) is 108 cm³/mol. The first-order chi connectivity index (χ1) is 12.6. The second-order valence-corrected chi connectivity index (χ2v) is 9.23. The van der Waals surface area contributed by atoms with E-state index in [0.717, 1.165) is 30.2 Å². The van der Waals surface area contributed by atoms with Gasteiger partial charge in [-0.2, -0.15) is 0 Å². The molecule has 2 fully saturated rings. The van der Waals surface area contributed by atoms with E-state index in [1.807, 2.05) is 0 Å². The largest absolute Gasteiger partial charge is 0.206 e. The number of allylic oxidation sites excluding steroid dienone is 1. The zero-order valence-electron chi connectivity index (χ0n) is 15.2. The summed E-state index contributed by atoms with van der Waals surface area (Å²) < 4.78 is 27.2. The van der Waals surface area contributed by atoms with Gasteiger partial charge in [-0.1, -0.05) is 30.5 Å². The quantitative estimate of drug-likeness (QED) is 0.402. The van der Waals surface area contributed by atoms with Crippen LogP contribution in [0.15, 0.2) is 28.2 Å². The summed E-state index contributed by atoms with van der Waals surface area (Å²) in [5.41, 5.74) is 2.45. The Bertz CT molecular complexity index is 592. The molecule has 0 heterocycles. The third kappa shape index (κ3) is 5.32. The van der Waals surface area contributed by atoms with Crippen LogP contribution in [0.5, 0.6) is 0 Å². The molecule has 0 saturated heterocycles. The molecule has 3 rings (SSSR count). The molecule has 0 bridgehead atoms. The van der Waals surface area contributed by atoms with Crippen LogP contribution >= 0.6 is 27.5 Å². The first kappa shape index (κ1) is 20.3. The fourth-order valence-electron chi connectivity index (χ4n) is 4.98. The Morgan fingerprint density at radius 1 is 0.923 bits per heavy atom. The number of aryl methyl sites for hydroxylation is 1. The van der Waals surface area contributed by atoms with Gasteiger partial charge in [-0.25, -0.2) is 8.78 Å². The van der Waals surface area contributed by atoms with Gasteiger partial charge >= 0.3 is 0 Å². The SMILES string of the molecule is Fc1cc(CCC2CCC(C3CCC(C=CCl)CC3)CC2)cc(F)c1Br. The molecule has 0 amide bonds. The highest BCUT2D eigenvalue weighted by atomic mass is 79.9. The van der Waals surface area contributed by atoms with Gasteiger partial charge in [-0.3, -0.25) is 0 Å². The fraction of sp³-hybridized carbons (Fsp3) is 0.636. The zero-order valence-corrected chi connectivity index (χ0v) is 17.5. The smallest absolute Gasteiger partial charge is 0.140 e. The van der Waals surface area contributed by atoms with Gasteiger partial charge in [0.25, 0.3) is 0 Å². The van der Waals surface area contributed by atoms with Crippen molar-refractivity contribution >= 4 is 27.5 Å². The molecule has 0 atom stereocenters. The van der Waals surface area contributed by atoms with Crippen LogP contribution in [0, 0.1) is 35.3 Å². The summed E-state index contributed by atoms with van der Waals surface area (Å²) in [4.78, 5) is 0. The number of rotatable bonds is 5. The lowest BCUT2D eigenvalue weighted by Crippen LogP contribution is -2.25. The van der Waals surface area contributed by atoms with Crippen molar-refractivity contribution in [2.45, 2.75) is 64.2 Å². The standard InChI is InChI=1S/C22H28BrClF2/c23-22-20(25)13-17(14-21(22)26)2-1-15-3-7-18(8-4-15)19-9-5-16(6-10-19)11-12-24/h11-16,18-19H,1-10H2. The van der Waals surface area contributed by atoms with E-state index in [-0.39, 0.29) is 4.47 Å². The summed E-state index contributed by atoms with van der Waals surface area (Å²) in [6.07, 6.45) is 14.4. The van der Waals surface area contributed by atoms with E-state index in [2.05, 4.69) is 22.0 Å². The number of halogens is 4. The van der Waals surface area contributed by atoms with Crippen molar-refractivity contribution in [3.63, 3.8) is 0 Å². The molecule has 2 saturated carbocycles. The van der Waals surface area contributed by atoms with Crippen molar-refractivity contribution < 1.29 is 8.78 Å². The fourth-order valence-corrected chi connectivity index (χ4v) is 5.42. The lowest BCUT2D eigenvalue weighted by atomic mass is 9.68. The molecule has 0 spiro atoms. The van der Waals surface area contributed by atoms with Crippen molar-refractivity contribution in [2.75, 3.05) is 0 Å². The van der Waals surface area contributed by atoms with E-state index in [1.54, 1.807) is 5.54 Å². The highest BCUT2D eigenvalue weighted by Gasteiger charge is 2.30. The second-order valence-electron chi connectivity index (χ2n) is 8.19. The Kier molecular flexibility index (Phi) is 7.57. The van der Waals surface area contributed by atoms with Crippen LogP contribution in [-0.4, -0.2) is 0 Å². The molecule has 2 aliphatic rings. The number of hydrogen-bond acceptors (Lipinski definition) is 0. The van der Waals surface area contributed by atoms with Crippen LogP contribution in [0.25, 0.3) is 0 Å². The summed E-state index contributed by atoms with van der Waals surface area (Å²) in [6.45, 7) is 0. The van der Waals surface area contributed by atoms with Crippen LogP contribution in [0.2, 0.25) is 0 Å². The molecule has 0 aliphatic heterocycles. The van der Waals surface area contributed by atoms with Crippen molar-refractivity contribution in [1.29, 1.82) is 0 Å². The molecule has 0 unspecified atom stereocenters. The highest BCUT2D eigenvalue weighted by molar-refractivity contribution is 9.10. The van der Waals surface area contributed by atoms with Gasteiger partial charge in [-0.05, 0) is 109 Å². The molecule has 2 aliphatic carbocycles. The van der Waals surface area contributed by atoms with Gasteiger partial charge in [0.1, 0.15) is 11.6 Å². The minimum atomic E-state index is -0.497. The maximum absolute atomic E-state index is 13.6. The van der Waals surface area contributed by atoms with Gasteiger partial charge in [-0.15, -0.1) is 0 Å². The minimum absolute atomic E-state index is 0.0574. The van der Waals surface area contributed by atoms with Gasteiger partial charge in [0.05, 0.1) is 4.47 Å². The molecule has 0 nitrogen and oxygen atoms in total. The first-order valence-electron chi connectivity index (χ1n) is 9.97. The van der Waals surface area contributed by atoms with Crippen molar-refractivity contribution in [2.24, 2.45) is 23.7 Å². The molecule has 1 aromatic rings. The third-order valence-corrected chi connectivity index (χ3v) is 7.51. The number of benzene rings is 1. The van der Waals surface area contributed by atoms with E-state index in [9.17, 15) is 8.78 Å². The maximum Gasteiger partial charge on any atom is 0.140 e. The predicted octanol–water partition coefficient (Wildman–Crippen LogP) is 8.03. The first-order valence-corrected chi connectivity index (χ1v) is 11.2. The van der Waals surface area contributed by atoms with E-state index in [4.69, 9.17) is 11.6 Å². The summed E-state index contributed by atoms with van der Waals surface area (Å²) in [6, 6.07) is 2.93. The minimum Gasteiger partial charge on any atom is -0.206 e. The molecular formula is C22H28BrClF2. The Labute approximate surface area is 169 Å². The molecule has 26 heavy (non-hydrogen) atoms. The molecule has 0 aromatic heterocycles. The Hall–Kier alpha value is -0.410. The topological polar surface area (TPSA) is 0 Å². The Morgan fingerprint density at radius 2 is 1.46 bits per heavy atom. The van der Waals surface area contributed by atoms with Gasteiger partial charge in [0, 0.05) is 5.54 Å². The van der Waals surface area contributed by atoms with Crippen molar-refractivity contribution in [1.82, 2.24) is 0 Å². The lowest BCUT2D eigenvalue weighted by Gasteiger charge is -2.37. The van der Waals surface area contributed by atoms with Gasteiger partial charge in [0.15, 0.2) is 0 Å². The summed E-state index contributed by atoms with van der Waals surface area (Å²) in [5.74, 6) is 2.18. The van der Waals surface area contributed by atoms with E-state index in [1.165, 1.54) is 63.5 Å². The van der Waals surface area contributed by atoms with Crippen LogP contribution in [0.4, 0.5) is 8.78 Å². The molecule has 1 aromatic carbocycles. The maximum atomic E-state index is 13.6. The highest BCUT2D eigenvalue weighted by Crippen LogP contribution is 2.42. The number of hydrogen-bond donors (Lipinski definition) is 0. The summed E-state index contributed by atoms with van der Waals surface area (Å²) in [7, 11) is 0. The lowest BCUT2D eigenvalue weighted by molar-refractivity contribution is 0.153. The van der Waals surface area contributed by atoms with E-state index >= 15 is 0 Å².